The molecule has 2 rings (SSSR count). The van der Waals surface area contributed by atoms with Crippen LogP contribution < -0.4 is 0 Å². The second kappa shape index (κ2) is 2.96. The van der Waals surface area contributed by atoms with E-state index >= 15 is 0 Å². The van der Waals surface area contributed by atoms with Crippen molar-refractivity contribution < 1.29 is 9.53 Å². The maximum absolute atomic E-state index is 11.3. The molecule has 76 valence electrons. The smallest absolute Gasteiger partial charge is 0.163 e. The molecule has 0 N–H and O–H groups in total. The van der Waals surface area contributed by atoms with E-state index in [1.54, 1.807) is 6.08 Å². The maximum atomic E-state index is 11.3. The lowest BCUT2D eigenvalue weighted by molar-refractivity contribution is -0.114. The Labute approximate surface area is 92.1 Å². The number of rotatable bonds is 0. The Morgan fingerprint density at radius 2 is 2.21 bits per heavy atom. The molecule has 0 aromatic heterocycles. The molecular weight excluding hydrogens is 244 g/mol. The number of alkyl halides is 1. The first-order valence-corrected chi connectivity index (χ1v) is 5.60. The summed E-state index contributed by atoms with van der Waals surface area (Å²) in [6, 6.07) is 0. The van der Waals surface area contributed by atoms with Crippen LogP contribution in [-0.4, -0.2) is 10.8 Å². The Kier molecular flexibility index (Phi) is 2.11. The van der Waals surface area contributed by atoms with Gasteiger partial charge in [0.05, 0.1) is 0 Å². The highest BCUT2D eigenvalue weighted by Crippen LogP contribution is 2.50. The average molecular weight is 257 g/mol. The Balaban J connectivity index is 2.54. The number of carbonyl (C=O) groups is 1. The zero-order valence-corrected chi connectivity index (χ0v) is 10.1. The summed E-state index contributed by atoms with van der Waals surface area (Å²) >= 11 is 3.49. The number of ether oxygens (including phenoxy) is 1. The number of ketones is 1. The fourth-order valence-electron chi connectivity index (χ4n) is 2.16. The van der Waals surface area contributed by atoms with Crippen molar-refractivity contribution in [2.24, 2.45) is 5.41 Å². The minimum Gasteiger partial charge on any atom is -0.478 e. The standard InChI is InChI=1S/C11H13BrO2/c1-6-4-7(13)5-8-9(6)11(2,3)10(12)14-8/h5,10H,4H2,1-3H3. The zero-order valence-electron chi connectivity index (χ0n) is 8.56. The molecule has 1 heterocycles. The third-order valence-electron chi connectivity index (χ3n) is 2.85. The van der Waals surface area contributed by atoms with Crippen LogP contribution >= 0.6 is 15.9 Å². The van der Waals surface area contributed by atoms with Crippen molar-refractivity contribution >= 4 is 21.7 Å². The van der Waals surface area contributed by atoms with Crippen LogP contribution in [-0.2, 0) is 9.53 Å². The molecule has 1 unspecified atom stereocenters. The molecule has 0 aromatic carbocycles. The summed E-state index contributed by atoms with van der Waals surface area (Å²) in [5.41, 5.74) is 2.29. The predicted molar refractivity (Wildman–Crippen MR) is 58.0 cm³/mol. The van der Waals surface area contributed by atoms with Crippen molar-refractivity contribution in [3.8, 4) is 0 Å². The van der Waals surface area contributed by atoms with E-state index in [0.717, 1.165) is 11.3 Å². The largest absolute Gasteiger partial charge is 0.478 e. The lowest BCUT2D eigenvalue weighted by Gasteiger charge is -2.23. The van der Waals surface area contributed by atoms with Gasteiger partial charge in [-0.15, -0.1) is 0 Å². The van der Waals surface area contributed by atoms with Gasteiger partial charge >= 0.3 is 0 Å². The Hall–Kier alpha value is -0.570. The van der Waals surface area contributed by atoms with E-state index in [1.165, 1.54) is 5.57 Å². The SMILES string of the molecule is CC1=C2C(=CC(=O)C1)OC(Br)C2(C)C. The van der Waals surface area contributed by atoms with Crippen LogP contribution in [0.5, 0.6) is 0 Å². The van der Waals surface area contributed by atoms with Crippen LogP contribution in [0.1, 0.15) is 27.2 Å². The number of hydrogen-bond donors (Lipinski definition) is 0. The summed E-state index contributed by atoms with van der Waals surface area (Å²) in [7, 11) is 0. The number of halogens is 1. The Morgan fingerprint density at radius 1 is 1.57 bits per heavy atom. The van der Waals surface area contributed by atoms with Crippen molar-refractivity contribution in [2.75, 3.05) is 0 Å². The van der Waals surface area contributed by atoms with Crippen LogP contribution in [0.25, 0.3) is 0 Å². The van der Waals surface area contributed by atoms with Gasteiger partial charge in [0.1, 0.15) is 5.76 Å². The summed E-state index contributed by atoms with van der Waals surface area (Å²) in [6.45, 7) is 6.26. The molecule has 2 aliphatic rings. The van der Waals surface area contributed by atoms with Gasteiger partial charge in [-0.3, -0.25) is 4.79 Å². The van der Waals surface area contributed by atoms with Gasteiger partial charge in [-0.05, 0) is 22.9 Å². The number of allylic oxidation sites excluding steroid dienone is 3. The highest BCUT2D eigenvalue weighted by molar-refractivity contribution is 9.09. The molecule has 0 saturated carbocycles. The lowest BCUT2D eigenvalue weighted by Crippen LogP contribution is -2.21. The minimum atomic E-state index is -0.0450. The van der Waals surface area contributed by atoms with Gasteiger partial charge in [-0.25, -0.2) is 0 Å². The van der Waals surface area contributed by atoms with Gasteiger partial charge in [0.25, 0.3) is 0 Å². The molecule has 1 atom stereocenters. The van der Waals surface area contributed by atoms with Crippen molar-refractivity contribution in [2.45, 2.75) is 32.2 Å². The van der Waals surface area contributed by atoms with E-state index in [4.69, 9.17) is 4.74 Å². The van der Waals surface area contributed by atoms with Crippen molar-refractivity contribution in [1.82, 2.24) is 0 Å². The lowest BCUT2D eigenvalue weighted by atomic mass is 9.80. The normalized spacial score (nSPS) is 29.9. The van der Waals surface area contributed by atoms with Crippen LogP contribution in [0, 0.1) is 5.41 Å². The molecule has 14 heavy (non-hydrogen) atoms. The monoisotopic (exact) mass is 256 g/mol. The van der Waals surface area contributed by atoms with Gasteiger partial charge < -0.3 is 4.74 Å². The zero-order chi connectivity index (χ0) is 10.5. The van der Waals surface area contributed by atoms with Gasteiger partial charge in [-0.1, -0.05) is 19.4 Å². The van der Waals surface area contributed by atoms with E-state index in [0.29, 0.717) is 6.42 Å². The molecule has 0 amide bonds. The summed E-state index contributed by atoms with van der Waals surface area (Å²) in [5.74, 6) is 0.893. The Morgan fingerprint density at radius 3 is 2.86 bits per heavy atom. The van der Waals surface area contributed by atoms with Gasteiger partial charge in [-0.2, -0.15) is 0 Å². The van der Waals surface area contributed by atoms with E-state index in [-0.39, 0.29) is 16.2 Å². The highest BCUT2D eigenvalue weighted by atomic mass is 79.9. The number of hydrogen-bond acceptors (Lipinski definition) is 2. The number of fused-ring (bicyclic) bond motifs is 1. The number of carbonyl (C=O) groups excluding carboxylic acids is 1. The van der Waals surface area contributed by atoms with Crippen molar-refractivity contribution in [3.63, 3.8) is 0 Å². The van der Waals surface area contributed by atoms with E-state index in [2.05, 4.69) is 29.8 Å². The first-order chi connectivity index (χ1) is 6.43. The fourth-order valence-corrected chi connectivity index (χ4v) is 2.59. The molecule has 0 spiro atoms. The van der Waals surface area contributed by atoms with E-state index < -0.39 is 0 Å². The first-order valence-electron chi connectivity index (χ1n) is 4.69. The second-order valence-electron chi connectivity index (χ2n) is 4.46. The quantitative estimate of drug-likeness (QED) is 0.623. The molecule has 3 heteroatoms. The van der Waals surface area contributed by atoms with Crippen LogP contribution in [0.3, 0.4) is 0 Å². The maximum Gasteiger partial charge on any atom is 0.163 e. The third kappa shape index (κ3) is 1.26. The molecule has 1 fully saturated rings. The average Bonchev–Trinajstić information content (AvgIpc) is 2.21. The Bertz CT molecular complexity index is 363. The molecule has 1 aliphatic heterocycles. The molecule has 2 nitrogen and oxygen atoms in total. The van der Waals surface area contributed by atoms with Gasteiger partial charge in [0.2, 0.25) is 0 Å². The summed E-state index contributed by atoms with van der Waals surface area (Å²) in [5, 5.41) is -0.0305. The van der Waals surface area contributed by atoms with Crippen molar-refractivity contribution in [1.29, 1.82) is 0 Å². The summed E-state index contributed by atoms with van der Waals surface area (Å²) in [4.78, 5) is 11.3. The van der Waals surface area contributed by atoms with Crippen LogP contribution in [0.2, 0.25) is 0 Å². The highest BCUT2D eigenvalue weighted by Gasteiger charge is 2.45. The van der Waals surface area contributed by atoms with Crippen molar-refractivity contribution in [3.05, 3.63) is 23.0 Å². The minimum absolute atomic E-state index is 0.0305. The van der Waals surface area contributed by atoms with Gasteiger partial charge in [0.15, 0.2) is 10.8 Å². The van der Waals surface area contributed by atoms with Crippen LogP contribution in [0.4, 0.5) is 0 Å². The first kappa shape index (κ1) is 9.97. The van der Waals surface area contributed by atoms with Gasteiger partial charge in [0, 0.05) is 23.5 Å². The molecular formula is C11H13BrO2. The molecule has 0 bridgehead atoms. The third-order valence-corrected chi connectivity index (χ3v) is 4.18. The topological polar surface area (TPSA) is 26.3 Å². The fraction of sp³-hybridized carbons (Fsp3) is 0.545. The molecule has 0 aromatic rings. The predicted octanol–water partition coefficient (Wildman–Crippen LogP) is 2.94. The second-order valence-corrected chi connectivity index (χ2v) is 5.29. The van der Waals surface area contributed by atoms with E-state index in [9.17, 15) is 4.79 Å². The molecule has 0 radical (unpaired) electrons. The molecule has 1 saturated heterocycles. The van der Waals surface area contributed by atoms with E-state index in [1.807, 2.05) is 6.92 Å². The molecule has 1 aliphatic carbocycles. The summed E-state index contributed by atoms with van der Waals surface area (Å²) in [6.07, 6.45) is 2.15. The van der Waals surface area contributed by atoms with Crippen LogP contribution in [0.15, 0.2) is 23.0 Å². The summed E-state index contributed by atoms with van der Waals surface area (Å²) < 4.78 is 5.62.